The van der Waals surface area contributed by atoms with Gasteiger partial charge in [0.2, 0.25) is 0 Å². The van der Waals surface area contributed by atoms with Crippen LogP contribution in [0.2, 0.25) is 0 Å². The van der Waals surface area contributed by atoms with E-state index in [2.05, 4.69) is 29.7 Å². The topological polar surface area (TPSA) is 62.6 Å². The highest BCUT2D eigenvalue weighted by Crippen LogP contribution is 2.21. The van der Waals surface area contributed by atoms with Crippen LogP contribution in [-0.2, 0) is 16.0 Å². The quantitative estimate of drug-likeness (QED) is 0.702. The number of amides is 2. The smallest absolute Gasteiger partial charge is 0.279 e. The van der Waals surface area contributed by atoms with E-state index in [0.29, 0.717) is 0 Å². The summed E-state index contributed by atoms with van der Waals surface area (Å²) in [4.78, 5) is 25.4. The number of benzene rings is 2. The number of hydrogen-bond acceptors (Lipinski definition) is 2. The van der Waals surface area contributed by atoms with Crippen LogP contribution in [-0.4, -0.2) is 32.0 Å². The molecule has 0 aliphatic rings. The summed E-state index contributed by atoms with van der Waals surface area (Å²) in [5, 5.41) is 5.89. The second-order valence-electron chi connectivity index (χ2n) is 7.23. The Kier molecular flexibility index (Phi) is 7.13. The van der Waals surface area contributed by atoms with Gasteiger partial charge in [-0.15, -0.1) is 0 Å². The third kappa shape index (κ3) is 6.22. The lowest BCUT2D eigenvalue weighted by molar-refractivity contribution is -0.862. The monoisotopic (exact) mass is 368 g/mol. The molecule has 5 nitrogen and oxygen atoms in total. The summed E-state index contributed by atoms with van der Waals surface area (Å²) < 4.78 is 0. The van der Waals surface area contributed by atoms with Crippen molar-refractivity contribution in [3.05, 3.63) is 58.7 Å². The van der Waals surface area contributed by atoms with Gasteiger partial charge >= 0.3 is 0 Å². The predicted molar refractivity (Wildman–Crippen MR) is 110 cm³/mol. The van der Waals surface area contributed by atoms with Gasteiger partial charge in [-0.3, -0.25) is 9.59 Å². The van der Waals surface area contributed by atoms with Gasteiger partial charge in [-0.2, -0.15) is 0 Å². The summed E-state index contributed by atoms with van der Waals surface area (Å²) >= 11 is 0. The molecule has 1 atom stereocenters. The zero-order valence-electron chi connectivity index (χ0n) is 16.9. The first-order valence-corrected chi connectivity index (χ1v) is 9.36. The SMILES string of the molecule is CCc1cccc(NC(=O)C[NH+](C)CC(=O)Nc2c(C)cc(C)cc2C)c1. The van der Waals surface area contributed by atoms with Crippen molar-refractivity contribution < 1.29 is 14.5 Å². The number of rotatable bonds is 7. The molecule has 0 spiro atoms. The predicted octanol–water partition coefficient (Wildman–Crippen LogP) is 2.27. The van der Waals surface area contributed by atoms with Crippen molar-refractivity contribution in [3.63, 3.8) is 0 Å². The van der Waals surface area contributed by atoms with Crippen LogP contribution < -0.4 is 15.5 Å². The molecule has 0 aromatic heterocycles. The lowest BCUT2D eigenvalue weighted by atomic mass is 10.1. The summed E-state index contributed by atoms with van der Waals surface area (Å²) in [7, 11) is 1.84. The fourth-order valence-corrected chi connectivity index (χ4v) is 3.25. The molecule has 2 aromatic carbocycles. The number of nitrogens with one attached hydrogen (secondary N) is 3. The largest absolute Gasteiger partial charge is 0.322 e. The van der Waals surface area contributed by atoms with Crippen LogP contribution in [0.25, 0.3) is 0 Å². The molecular weight excluding hydrogens is 338 g/mol. The number of anilines is 2. The molecule has 5 heteroatoms. The van der Waals surface area contributed by atoms with Crippen LogP contribution in [0, 0.1) is 20.8 Å². The first-order valence-electron chi connectivity index (χ1n) is 9.36. The zero-order chi connectivity index (χ0) is 20.0. The van der Waals surface area contributed by atoms with Crippen LogP contribution in [0.5, 0.6) is 0 Å². The Labute approximate surface area is 161 Å². The molecule has 0 saturated carbocycles. The van der Waals surface area contributed by atoms with E-state index in [0.717, 1.165) is 33.8 Å². The van der Waals surface area contributed by atoms with Crippen LogP contribution in [0.4, 0.5) is 11.4 Å². The Hall–Kier alpha value is -2.66. The van der Waals surface area contributed by atoms with E-state index in [1.54, 1.807) is 0 Å². The lowest BCUT2D eigenvalue weighted by Crippen LogP contribution is -3.11. The van der Waals surface area contributed by atoms with E-state index in [1.807, 2.05) is 52.1 Å². The van der Waals surface area contributed by atoms with Gasteiger partial charge in [0, 0.05) is 11.4 Å². The fraction of sp³-hybridized carbons (Fsp3) is 0.364. The highest BCUT2D eigenvalue weighted by molar-refractivity contribution is 5.94. The number of carbonyl (C=O) groups is 2. The molecule has 0 aliphatic carbocycles. The molecule has 2 rings (SSSR count). The van der Waals surface area contributed by atoms with Gasteiger partial charge in [0.05, 0.1) is 7.05 Å². The second-order valence-corrected chi connectivity index (χ2v) is 7.23. The average molecular weight is 369 g/mol. The Bertz CT molecular complexity index is 807. The van der Waals surface area contributed by atoms with Gasteiger partial charge in [0.15, 0.2) is 13.1 Å². The van der Waals surface area contributed by atoms with E-state index in [1.165, 1.54) is 11.1 Å². The van der Waals surface area contributed by atoms with Gasteiger partial charge < -0.3 is 15.5 Å². The molecule has 0 fully saturated rings. The van der Waals surface area contributed by atoms with Crippen LogP contribution in [0.3, 0.4) is 0 Å². The Morgan fingerprint density at radius 3 is 2.11 bits per heavy atom. The van der Waals surface area contributed by atoms with Crippen molar-refractivity contribution in [3.8, 4) is 0 Å². The van der Waals surface area contributed by atoms with Crippen molar-refractivity contribution in [2.75, 3.05) is 30.8 Å². The maximum Gasteiger partial charge on any atom is 0.279 e. The Balaban J connectivity index is 1.88. The standard InChI is InChI=1S/C22H29N3O2/c1-6-18-8-7-9-19(12-18)23-20(26)13-25(5)14-21(27)24-22-16(3)10-15(2)11-17(22)4/h7-12H,6,13-14H2,1-5H3,(H,23,26)(H,24,27)/p+1. The second kappa shape index (κ2) is 9.33. The van der Waals surface area contributed by atoms with E-state index in [9.17, 15) is 9.59 Å². The third-order valence-corrected chi connectivity index (χ3v) is 4.49. The summed E-state index contributed by atoms with van der Waals surface area (Å²) in [5.74, 6) is -0.195. The number of likely N-dealkylation sites (N-methyl/N-ethyl adjacent to an activating group) is 1. The van der Waals surface area contributed by atoms with Crippen LogP contribution >= 0.6 is 0 Å². The molecule has 3 N–H and O–H groups in total. The van der Waals surface area contributed by atoms with Crippen molar-refractivity contribution in [2.45, 2.75) is 34.1 Å². The third-order valence-electron chi connectivity index (χ3n) is 4.49. The lowest BCUT2D eigenvalue weighted by Gasteiger charge is -2.16. The molecule has 0 heterocycles. The highest BCUT2D eigenvalue weighted by atomic mass is 16.2. The van der Waals surface area contributed by atoms with E-state index in [-0.39, 0.29) is 24.9 Å². The fourth-order valence-electron chi connectivity index (χ4n) is 3.25. The van der Waals surface area contributed by atoms with Crippen molar-refractivity contribution in [2.24, 2.45) is 0 Å². The maximum atomic E-state index is 12.4. The zero-order valence-corrected chi connectivity index (χ0v) is 16.9. The normalized spacial score (nSPS) is 11.7. The van der Waals surface area contributed by atoms with Crippen LogP contribution in [0.1, 0.15) is 29.2 Å². The number of aryl methyl sites for hydroxylation is 4. The molecule has 2 aromatic rings. The maximum absolute atomic E-state index is 12.4. The molecule has 0 aliphatic heterocycles. The number of hydrogen-bond donors (Lipinski definition) is 3. The van der Waals surface area contributed by atoms with Gasteiger partial charge in [0.1, 0.15) is 0 Å². The van der Waals surface area contributed by atoms with Crippen molar-refractivity contribution >= 4 is 23.2 Å². The van der Waals surface area contributed by atoms with E-state index < -0.39 is 0 Å². The summed E-state index contributed by atoms with van der Waals surface area (Å²) in [6.45, 7) is 8.56. The Morgan fingerprint density at radius 2 is 1.52 bits per heavy atom. The molecule has 1 unspecified atom stereocenters. The highest BCUT2D eigenvalue weighted by Gasteiger charge is 2.16. The first kappa shape index (κ1) is 20.6. The molecule has 0 bridgehead atoms. The van der Waals surface area contributed by atoms with Crippen molar-refractivity contribution in [1.29, 1.82) is 0 Å². The minimum absolute atomic E-state index is 0.0941. The summed E-state index contributed by atoms with van der Waals surface area (Å²) in [6, 6.07) is 11.9. The number of quaternary nitrogens is 1. The van der Waals surface area contributed by atoms with Gasteiger partial charge in [-0.05, 0) is 56.0 Å². The molecule has 144 valence electrons. The van der Waals surface area contributed by atoms with Gasteiger partial charge in [-0.25, -0.2) is 0 Å². The van der Waals surface area contributed by atoms with Gasteiger partial charge in [-0.1, -0.05) is 36.8 Å². The summed E-state index contributed by atoms with van der Waals surface area (Å²) in [5.41, 5.74) is 6.10. The molecule has 0 saturated heterocycles. The molecule has 2 amide bonds. The van der Waals surface area contributed by atoms with E-state index in [4.69, 9.17) is 0 Å². The molecule has 27 heavy (non-hydrogen) atoms. The molecule has 0 radical (unpaired) electrons. The Morgan fingerprint density at radius 1 is 0.926 bits per heavy atom. The van der Waals surface area contributed by atoms with Crippen molar-refractivity contribution in [1.82, 2.24) is 0 Å². The average Bonchev–Trinajstić information content (AvgIpc) is 2.57. The van der Waals surface area contributed by atoms with Gasteiger partial charge in [0.25, 0.3) is 11.8 Å². The molecular formula is C22H30N3O2+. The summed E-state index contributed by atoms with van der Waals surface area (Å²) in [6.07, 6.45) is 0.923. The van der Waals surface area contributed by atoms with Crippen LogP contribution in [0.15, 0.2) is 36.4 Å². The van der Waals surface area contributed by atoms with E-state index >= 15 is 0 Å². The minimum atomic E-state index is -0.101. The number of carbonyl (C=O) groups excluding carboxylic acids is 2. The minimum Gasteiger partial charge on any atom is -0.322 e. The first-order chi connectivity index (χ1) is 12.8.